The van der Waals surface area contributed by atoms with E-state index >= 15 is 0 Å². The Morgan fingerprint density at radius 2 is 1.47 bits per heavy atom. The zero-order chi connectivity index (χ0) is 25.1. The summed E-state index contributed by atoms with van der Waals surface area (Å²) < 4.78 is 57.5. The minimum Gasteiger partial charge on any atom is -0.346 e. The molecule has 5 rings (SSSR count). The fourth-order valence-electron chi connectivity index (χ4n) is 4.31. The van der Waals surface area contributed by atoms with Gasteiger partial charge < -0.3 is 18.9 Å². The molecule has 2 fully saturated rings. The lowest BCUT2D eigenvalue weighted by molar-refractivity contribution is -0.370. The van der Waals surface area contributed by atoms with Crippen LogP contribution in [0.5, 0.6) is 0 Å². The van der Waals surface area contributed by atoms with Crippen molar-refractivity contribution < 1.29 is 31.5 Å². The minimum atomic E-state index is -4.04. The number of halogens is 1. The summed E-state index contributed by atoms with van der Waals surface area (Å²) in [6, 6.07) is 25.7. The SMILES string of the molecule is Cc1ccc(S(=O)(=O)O[C@@H](CI)[C@H]2O[C@@H](c3ccccc3)O[C@@H]3CO[C@H](c4ccccc4)O[C@H]23)cc1. The summed E-state index contributed by atoms with van der Waals surface area (Å²) in [5, 5.41) is 0. The van der Waals surface area contributed by atoms with Crippen molar-refractivity contribution in [3.8, 4) is 0 Å². The van der Waals surface area contributed by atoms with E-state index in [0.717, 1.165) is 16.7 Å². The molecule has 7 nitrogen and oxygen atoms in total. The van der Waals surface area contributed by atoms with Crippen molar-refractivity contribution in [2.75, 3.05) is 11.0 Å². The van der Waals surface area contributed by atoms with Crippen LogP contribution in [0.15, 0.2) is 89.8 Å². The predicted molar refractivity (Wildman–Crippen MR) is 141 cm³/mol. The lowest BCUT2D eigenvalue weighted by atomic mass is 10.00. The molecule has 0 aliphatic carbocycles. The molecule has 0 saturated carbocycles. The topological polar surface area (TPSA) is 80.3 Å². The molecule has 2 aliphatic heterocycles. The Morgan fingerprint density at radius 3 is 2.08 bits per heavy atom. The van der Waals surface area contributed by atoms with E-state index in [1.165, 1.54) is 0 Å². The molecule has 3 aromatic carbocycles. The number of aryl methyl sites for hydroxylation is 1. The van der Waals surface area contributed by atoms with Crippen LogP contribution in [-0.2, 0) is 33.2 Å². The van der Waals surface area contributed by atoms with Crippen molar-refractivity contribution in [3.05, 3.63) is 102 Å². The maximum atomic E-state index is 13.2. The van der Waals surface area contributed by atoms with Crippen molar-refractivity contribution in [2.24, 2.45) is 0 Å². The maximum Gasteiger partial charge on any atom is 0.297 e. The molecule has 6 atom stereocenters. The molecule has 0 aromatic heterocycles. The van der Waals surface area contributed by atoms with Crippen LogP contribution in [0.3, 0.4) is 0 Å². The fourth-order valence-corrected chi connectivity index (χ4v) is 6.31. The maximum absolute atomic E-state index is 13.2. The highest BCUT2D eigenvalue weighted by atomic mass is 127. The van der Waals surface area contributed by atoms with Crippen LogP contribution in [0.2, 0.25) is 0 Å². The van der Waals surface area contributed by atoms with Gasteiger partial charge in [-0.2, -0.15) is 8.42 Å². The van der Waals surface area contributed by atoms with Gasteiger partial charge in [0, 0.05) is 15.6 Å². The summed E-state index contributed by atoms with van der Waals surface area (Å²) in [4.78, 5) is 0.0984. The quantitative estimate of drug-likeness (QED) is 0.206. The zero-order valence-corrected chi connectivity index (χ0v) is 22.6. The number of alkyl halides is 1. The number of ether oxygens (including phenoxy) is 4. The standard InChI is InChI=1S/C27H27IO7S/c1-18-12-14-21(15-13-18)36(29,30)35-22(16-28)24-25-23(32-27(34-24)20-10-6-3-7-11-20)17-31-26(33-25)19-8-4-2-5-9-19/h2-15,22-27H,16-17H2,1H3/t22-,23+,24+,25-,26-,27-/m0/s1. The number of benzene rings is 3. The van der Waals surface area contributed by atoms with Crippen LogP contribution in [0, 0.1) is 6.92 Å². The monoisotopic (exact) mass is 622 g/mol. The Bertz CT molecular complexity index is 1240. The second-order valence-corrected chi connectivity index (χ2v) is 11.2. The average molecular weight is 622 g/mol. The van der Waals surface area contributed by atoms with Gasteiger partial charge in [-0.15, -0.1) is 0 Å². The van der Waals surface area contributed by atoms with Crippen molar-refractivity contribution >= 4 is 32.7 Å². The van der Waals surface area contributed by atoms with E-state index < -0.39 is 47.1 Å². The Labute approximate surface area is 224 Å². The Morgan fingerprint density at radius 1 is 0.861 bits per heavy atom. The third-order valence-corrected chi connectivity index (χ3v) is 8.40. The lowest BCUT2D eigenvalue weighted by Gasteiger charge is -2.47. The molecule has 0 bridgehead atoms. The van der Waals surface area contributed by atoms with Gasteiger partial charge in [-0.25, -0.2) is 0 Å². The number of rotatable bonds is 7. The smallest absolute Gasteiger partial charge is 0.297 e. The molecule has 0 N–H and O–H groups in total. The highest BCUT2D eigenvalue weighted by molar-refractivity contribution is 14.1. The molecule has 9 heteroatoms. The van der Waals surface area contributed by atoms with Gasteiger partial charge in [0.2, 0.25) is 0 Å². The van der Waals surface area contributed by atoms with Crippen molar-refractivity contribution in [1.82, 2.24) is 0 Å². The molecule has 0 amide bonds. The average Bonchev–Trinajstić information content (AvgIpc) is 2.92. The molecule has 2 saturated heterocycles. The van der Waals surface area contributed by atoms with Gasteiger partial charge in [0.25, 0.3) is 10.1 Å². The molecular formula is C27H27IO7S. The number of hydrogen-bond acceptors (Lipinski definition) is 7. The van der Waals surface area contributed by atoms with Crippen LogP contribution in [-0.4, -0.2) is 43.9 Å². The van der Waals surface area contributed by atoms with E-state index in [1.807, 2.05) is 67.6 Å². The number of fused-ring (bicyclic) bond motifs is 1. The summed E-state index contributed by atoms with van der Waals surface area (Å²) in [5.74, 6) is 0. The van der Waals surface area contributed by atoms with Crippen molar-refractivity contribution in [1.29, 1.82) is 0 Å². The van der Waals surface area contributed by atoms with Crippen LogP contribution in [0.4, 0.5) is 0 Å². The first kappa shape index (κ1) is 25.8. The molecule has 36 heavy (non-hydrogen) atoms. The first-order valence-electron chi connectivity index (χ1n) is 11.7. The normalized spacial score (nSPS) is 27.2. The van der Waals surface area contributed by atoms with Crippen molar-refractivity contribution in [3.63, 3.8) is 0 Å². The van der Waals surface area contributed by atoms with Crippen molar-refractivity contribution in [2.45, 2.75) is 48.8 Å². The Kier molecular flexibility index (Phi) is 8.06. The van der Waals surface area contributed by atoms with Crippen LogP contribution < -0.4 is 0 Å². The largest absolute Gasteiger partial charge is 0.346 e. The van der Waals surface area contributed by atoms with Gasteiger partial charge in [0.15, 0.2) is 12.6 Å². The molecule has 0 radical (unpaired) electrons. The van der Waals surface area contributed by atoms with Gasteiger partial charge in [0.1, 0.15) is 24.4 Å². The molecule has 3 aromatic rings. The minimum absolute atomic E-state index is 0.0984. The van der Waals surface area contributed by atoms with E-state index in [9.17, 15) is 8.42 Å². The molecule has 0 unspecified atom stereocenters. The molecule has 0 spiro atoms. The number of hydrogen-bond donors (Lipinski definition) is 0. The third kappa shape index (κ3) is 5.67. The van der Waals surface area contributed by atoms with Gasteiger partial charge in [-0.05, 0) is 19.1 Å². The highest BCUT2D eigenvalue weighted by Gasteiger charge is 2.49. The van der Waals surface area contributed by atoms with Gasteiger partial charge in [-0.1, -0.05) is 101 Å². The summed E-state index contributed by atoms with van der Waals surface area (Å²) >= 11 is 2.12. The molecule has 190 valence electrons. The third-order valence-electron chi connectivity index (χ3n) is 6.18. The van der Waals surface area contributed by atoms with Gasteiger partial charge >= 0.3 is 0 Å². The molecule has 2 heterocycles. The van der Waals surface area contributed by atoms with Crippen LogP contribution in [0.25, 0.3) is 0 Å². The van der Waals surface area contributed by atoms with E-state index in [0.29, 0.717) is 4.43 Å². The second kappa shape index (κ2) is 11.3. The van der Waals surface area contributed by atoms with Gasteiger partial charge in [-0.3, -0.25) is 4.18 Å². The first-order valence-corrected chi connectivity index (χ1v) is 14.6. The highest BCUT2D eigenvalue weighted by Crippen LogP contribution is 2.40. The van der Waals surface area contributed by atoms with E-state index in [4.69, 9.17) is 23.1 Å². The molecule has 2 aliphatic rings. The lowest BCUT2D eigenvalue weighted by Crippen LogP contribution is -2.58. The molecular weight excluding hydrogens is 595 g/mol. The summed E-state index contributed by atoms with van der Waals surface area (Å²) in [6.07, 6.45) is -3.94. The first-order chi connectivity index (χ1) is 17.4. The van der Waals surface area contributed by atoms with Crippen LogP contribution in [0.1, 0.15) is 29.3 Å². The summed E-state index contributed by atoms with van der Waals surface area (Å²) in [6.45, 7) is 2.17. The fraction of sp³-hybridized carbons (Fsp3) is 0.333. The Balaban J connectivity index is 1.44. The zero-order valence-electron chi connectivity index (χ0n) is 19.6. The second-order valence-electron chi connectivity index (χ2n) is 8.75. The Hall–Kier alpha value is -1.86. The predicted octanol–water partition coefficient (Wildman–Crippen LogP) is 5.10. The summed E-state index contributed by atoms with van der Waals surface area (Å²) in [7, 11) is -4.04. The van der Waals surface area contributed by atoms with Gasteiger partial charge in [0.05, 0.1) is 11.5 Å². The van der Waals surface area contributed by atoms with Crippen LogP contribution >= 0.6 is 22.6 Å². The van der Waals surface area contributed by atoms with E-state index in [-0.39, 0.29) is 11.5 Å². The van der Waals surface area contributed by atoms with E-state index in [1.54, 1.807) is 24.3 Å². The summed E-state index contributed by atoms with van der Waals surface area (Å²) in [5.41, 5.74) is 2.64. The van der Waals surface area contributed by atoms with E-state index in [2.05, 4.69) is 22.6 Å².